The number of likely N-dealkylation sites (tertiary alicyclic amines) is 1. The lowest BCUT2D eigenvalue weighted by Gasteiger charge is -2.28. The van der Waals surface area contributed by atoms with E-state index in [1.54, 1.807) is 16.6 Å². The van der Waals surface area contributed by atoms with Crippen molar-refractivity contribution in [2.75, 3.05) is 63.6 Å². The highest BCUT2D eigenvalue weighted by atomic mass is 19.4. The summed E-state index contributed by atoms with van der Waals surface area (Å²) in [5, 5.41) is 14.7. The van der Waals surface area contributed by atoms with Crippen molar-refractivity contribution in [3.05, 3.63) is 17.5 Å². The zero-order valence-corrected chi connectivity index (χ0v) is 20.5. The third kappa shape index (κ3) is 6.60. The standard InChI is InChI=1S/C22H32F3N9O2/c1-15-19(31-34(30-15)16-4-9-32(2)10-5-16)28-21-27-14-17(22(23,24)25)20(29-21)26-7-3-8-33-11-13-36-12-6-18(33)35/h14,16H,3-13H2,1-2H3,(H2,26,27,28,29,31). The average molecular weight is 512 g/mol. The van der Waals surface area contributed by atoms with Crippen LogP contribution in [0.2, 0.25) is 0 Å². The molecule has 0 aromatic carbocycles. The van der Waals surface area contributed by atoms with Gasteiger partial charge in [0.05, 0.1) is 25.7 Å². The molecule has 36 heavy (non-hydrogen) atoms. The molecule has 2 aromatic heterocycles. The molecule has 0 unspecified atom stereocenters. The van der Waals surface area contributed by atoms with Crippen molar-refractivity contribution < 1.29 is 22.7 Å². The number of carbonyl (C=O) groups excluding carboxylic acids is 1. The Morgan fingerprint density at radius 1 is 1.14 bits per heavy atom. The fourth-order valence-corrected chi connectivity index (χ4v) is 4.23. The summed E-state index contributed by atoms with van der Waals surface area (Å²) in [6.45, 7) is 5.63. The van der Waals surface area contributed by atoms with Crippen molar-refractivity contribution in [2.45, 2.75) is 44.8 Å². The van der Waals surface area contributed by atoms with E-state index in [9.17, 15) is 18.0 Å². The molecular weight excluding hydrogens is 479 g/mol. The lowest BCUT2D eigenvalue weighted by molar-refractivity contribution is -0.137. The first kappa shape index (κ1) is 26.1. The zero-order chi connectivity index (χ0) is 25.7. The van der Waals surface area contributed by atoms with Crippen LogP contribution < -0.4 is 10.6 Å². The van der Waals surface area contributed by atoms with Gasteiger partial charge in [-0.05, 0) is 46.3 Å². The molecule has 0 spiro atoms. The predicted molar refractivity (Wildman–Crippen MR) is 126 cm³/mol. The van der Waals surface area contributed by atoms with E-state index in [4.69, 9.17) is 4.74 Å². The quantitative estimate of drug-likeness (QED) is 0.516. The lowest BCUT2D eigenvalue weighted by atomic mass is 10.1. The maximum Gasteiger partial charge on any atom is 0.421 e. The number of carbonyl (C=O) groups is 1. The van der Waals surface area contributed by atoms with Crippen molar-refractivity contribution in [3.8, 4) is 0 Å². The summed E-state index contributed by atoms with van der Waals surface area (Å²) in [5.41, 5.74) is -0.350. The molecule has 0 atom stereocenters. The molecule has 2 aliphatic rings. The number of alkyl halides is 3. The van der Waals surface area contributed by atoms with Gasteiger partial charge in [-0.15, -0.1) is 5.10 Å². The Balaban J connectivity index is 1.41. The minimum absolute atomic E-state index is 0.0103. The van der Waals surface area contributed by atoms with E-state index in [-0.39, 0.29) is 30.3 Å². The Kier molecular flexibility index (Phi) is 8.24. The van der Waals surface area contributed by atoms with Crippen LogP contribution in [0.3, 0.4) is 0 Å². The number of rotatable bonds is 8. The SMILES string of the molecule is Cc1nn(C2CCN(C)CC2)nc1Nc1ncc(C(F)(F)F)c(NCCCN2CCOCCC2=O)n1. The summed E-state index contributed by atoms with van der Waals surface area (Å²) in [6, 6.07) is 0.170. The second kappa shape index (κ2) is 11.4. The molecule has 11 nitrogen and oxygen atoms in total. The summed E-state index contributed by atoms with van der Waals surface area (Å²) in [7, 11) is 2.07. The van der Waals surface area contributed by atoms with Crippen molar-refractivity contribution in [2.24, 2.45) is 0 Å². The summed E-state index contributed by atoms with van der Waals surface area (Å²) in [4.78, 5) is 25.6. The van der Waals surface area contributed by atoms with Gasteiger partial charge >= 0.3 is 6.18 Å². The topological polar surface area (TPSA) is 113 Å². The first-order valence-corrected chi connectivity index (χ1v) is 12.1. The summed E-state index contributed by atoms with van der Waals surface area (Å²) < 4.78 is 46.0. The highest BCUT2D eigenvalue weighted by Crippen LogP contribution is 2.34. The molecule has 0 radical (unpaired) electrons. The molecule has 0 bridgehead atoms. The minimum atomic E-state index is -4.62. The Morgan fingerprint density at radius 2 is 1.92 bits per heavy atom. The van der Waals surface area contributed by atoms with Crippen LogP contribution in [-0.2, 0) is 15.7 Å². The molecule has 198 valence electrons. The molecule has 2 saturated heterocycles. The molecular formula is C22H32F3N9O2. The Hall–Kier alpha value is -3.00. The number of nitrogens with one attached hydrogen (secondary N) is 2. The number of hydrogen-bond donors (Lipinski definition) is 2. The van der Waals surface area contributed by atoms with Crippen LogP contribution in [0.4, 0.5) is 30.8 Å². The average Bonchev–Trinajstić information content (AvgIpc) is 3.06. The second-order valence-corrected chi connectivity index (χ2v) is 9.09. The highest BCUT2D eigenvalue weighted by Gasteiger charge is 2.35. The van der Waals surface area contributed by atoms with E-state index in [0.29, 0.717) is 50.7 Å². The van der Waals surface area contributed by atoms with Gasteiger partial charge in [0.2, 0.25) is 11.9 Å². The molecule has 0 aliphatic carbocycles. The molecule has 0 saturated carbocycles. The molecule has 2 fully saturated rings. The fraction of sp³-hybridized carbons (Fsp3) is 0.682. The molecule has 2 aliphatic heterocycles. The highest BCUT2D eigenvalue weighted by molar-refractivity contribution is 5.76. The number of hydrogen-bond acceptors (Lipinski definition) is 9. The van der Waals surface area contributed by atoms with E-state index in [1.165, 1.54) is 0 Å². The van der Waals surface area contributed by atoms with Crippen molar-refractivity contribution in [1.82, 2.24) is 34.8 Å². The van der Waals surface area contributed by atoms with Crippen LogP contribution >= 0.6 is 0 Å². The normalized spacial score (nSPS) is 18.4. The smallest absolute Gasteiger partial charge is 0.379 e. The summed E-state index contributed by atoms with van der Waals surface area (Å²) in [5.74, 6) is 0.0527. The number of halogens is 3. The minimum Gasteiger partial charge on any atom is -0.379 e. The van der Waals surface area contributed by atoms with Gasteiger partial charge in [-0.3, -0.25) is 4.79 Å². The zero-order valence-electron chi connectivity index (χ0n) is 20.5. The van der Waals surface area contributed by atoms with Gasteiger partial charge in [0.1, 0.15) is 17.1 Å². The second-order valence-electron chi connectivity index (χ2n) is 9.09. The van der Waals surface area contributed by atoms with Crippen molar-refractivity contribution in [3.63, 3.8) is 0 Å². The van der Waals surface area contributed by atoms with Gasteiger partial charge in [-0.25, -0.2) is 4.98 Å². The number of anilines is 3. The molecule has 2 N–H and O–H groups in total. The maximum atomic E-state index is 13.6. The molecule has 4 rings (SSSR count). The first-order chi connectivity index (χ1) is 17.2. The largest absolute Gasteiger partial charge is 0.421 e. The van der Waals surface area contributed by atoms with E-state index in [2.05, 4.69) is 42.7 Å². The van der Waals surface area contributed by atoms with Crippen LogP contribution in [0.25, 0.3) is 0 Å². The first-order valence-electron chi connectivity index (χ1n) is 12.1. The maximum absolute atomic E-state index is 13.6. The van der Waals surface area contributed by atoms with Crippen LogP contribution in [0.1, 0.15) is 43.0 Å². The van der Waals surface area contributed by atoms with Crippen LogP contribution in [0.5, 0.6) is 0 Å². The number of piperidine rings is 1. The Morgan fingerprint density at radius 3 is 2.67 bits per heavy atom. The third-order valence-corrected chi connectivity index (χ3v) is 6.35. The van der Waals surface area contributed by atoms with Crippen LogP contribution in [-0.4, -0.2) is 93.7 Å². The van der Waals surface area contributed by atoms with Crippen molar-refractivity contribution in [1.29, 1.82) is 0 Å². The van der Waals surface area contributed by atoms with Crippen molar-refractivity contribution >= 4 is 23.5 Å². The van der Waals surface area contributed by atoms with Gasteiger partial charge in [0.25, 0.3) is 0 Å². The van der Waals surface area contributed by atoms with E-state index >= 15 is 0 Å². The van der Waals surface area contributed by atoms with Gasteiger partial charge in [0.15, 0.2) is 5.82 Å². The lowest BCUT2D eigenvalue weighted by Crippen LogP contribution is -2.33. The number of nitrogens with zero attached hydrogens (tertiary/aromatic N) is 7. The molecule has 1 amide bonds. The van der Waals surface area contributed by atoms with Crippen LogP contribution in [0, 0.1) is 6.92 Å². The molecule has 4 heterocycles. The number of ether oxygens (including phenoxy) is 1. The summed E-state index contributed by atoms with van der Waals surface area (Å²) >= 11 is 0. The number of aryl methyl sites for hydroxylation is 1. The summed E-state index contributed by atoms with van der Waals surface area (Å²) in [6.07, 6.45) is -1.25. The van der Waals surface area contributed by atoms with Gasteiger partial charge in [-0.2, -0.15) is 28.1 Å². The van der Waals surface area contributed by atoms with Gasteiger partial charge in [0, 0.05) is 25.8 Å². The van der Waals surface area contributed by atoms with E-state index in [1.807, 2.05) is 0 Å². The third-order valence-electron chi connectivity index (χ3n) is 6.35. The Labute approximate surface area is 207 Å². The molecule has 2 aromatic rings. The van der Waals surface area contributed by atoms with E-state index in [0.717, 1.165) is 32.1 Å². The van der Waals surface area contributed by atoms with Gasteiger partial charge < -0.3 is 25.2 Å². The van der Waals surface area contributed by atoms with Gasteiger partial charge in [-0.1, -0.05) is 0 Å². The molecule has 14 heteroatoms. The predicted octanol–water partition coefficient (Wildman–Crippen LogP) is 2.46. The monoisotopic (exact) mass is 511 g/mol. The Bertz CT molecular complexity index is 1040. The number of aromatic nitrogens is 5. The van der Waals surface area contributed by atoms with Crippen LogP contribution in [0.15, 0.2) is 6.20 Å². The number of amides is 1. The fourth-order valence-electron chi connectivity index (χ4n) is 4.23. The van der Waals surface area contributed by atoms with E-state index < -0.39 is 11.7 Å².